The van der Waals surface area contributed by atoms with Gasteiger partial charge in [0.05, 0.1) is 52.2 Å². The van der Waals surface area contributed by atoms with Crippen molar-refractivity contribution in [1.29, 1.82) is 0 Å². The van der Waals surface area contributed by atoms with E-state index in [1.165, 1.54) is 6.92 Å². The van der Waals surface area contributed by atoms with Gasteiger partial charge in [-0.15, -0.1) is 0 Å². The third-order valence-corrected chi connectivity index (χ3v) is 13.1. The third-order valence-electron chi connectivity index (χ3n) is 13.1. The first-order valence-electron chi connectivity index (χ1n) is 24.4. The summed E-state index contributed by atoms with van der Waals surface area (Å²) in [5, 5.41) is 34.6. The van der Waals surface area contributed by atoms with Crippen LogP contribution in [0.15, 0.2) is 85.2 Å². The zero-order valence-corrected chi connectivity index (χ0v) is 43.1. The highest BCUT2D eigenvalue weighted by atomic mass is 16.5. The van der Waals surface area contributed by atoms with E-state index in [0.717, 1.165) is 84.7 Å². The number of hydrogen-bond acceptors (Lipinski definition) is 12. The second-order valence-corrected chi connectivity index (χ2v) is 21.3. The molecule has 10 rings (SSSR count). The number of ketones is 1. The molecule has 14 nitrogen and oxygen atoms in total. The Bertz CT molecular complexity index is 3550. The Labute approximate surface area is 423 Å². The maximum Gasteiger partial charge on any atom is 0.337 e. The van der Waals surface area contributed by atoms with Gasteiger partial charge in [-0.3, -0.25) is 14.8 Å². The van der Waals surface area contributed by atoms with Crippen LogP contribution in [0, 0.1) is 13.8 Å². The molecule has 2 aliphatic heterocycles. The molecule has 0 bridgehead atoms. The summed E-state index contributed by atoms with van der Waals surface area (Å²) in [7, 11) is 0. The number of Topliss-reactive ketones (excluding diaryl/α,β-unsaturated/α-hetero) is 1. The van der Waals surface area contributed by atoms with E-state index in [1.54, 1.807) is 38.4 Å². The summed E-state index contributed by atoms with van der Waals surface area (Å²) in [6.07, 6.45) is 2.68. The number of ether oxygens (including phenoxy) is 4. The van der Waals surface area contributed by atoms with Crippen molar-refractivity contribution < 1.29 is 48.7 Å². The molecule has 0 unspecified atom stereocenters. The van der Waals surface area contributed by atoms with Crippen molar-refractivity contribution >= 4 is 61.3 Å². The topological polar surface area (TPSA) is 200 Å². The molecule has 2 aliphatic rings. The van der Waals surface area contributed by atoms with Crippen LogP contribution in [0.1, 0.15) is 124 Å². The summed E-state index contributed by atoms with van der Waals surface area (Å²) in [5.74, 6) is -0.756. The number of carboxylic acid groups (broad SMARTS) is 2. The number of fused-ring (bicyclic) bond motifs is 2. The van der Waals surface area contributed by atoms with Gasteiger partial charge in [0.25, 0.3) is 0 Å². The summed E-state index contributed by atoms with van der Waals surface area (Å²) in [4.78, 5) is 56.1. The van der Waals surface area contributed by atoms with Crippen LogP contribution in [0.4, 0.5) is 0 Å². The van der Waals surface area contributed by atoms with Crippen LogP contribution in [0.5, 0.6) is 11.5 Å². The SMILES string of the molecule is CC(=O)c1ccc2c(-c3ccc4c5c(ccnc35)CCO4)c([C@H](OC(C)(C)C)C(=O)O)c(C)cc2n1.Cc1cc2nc(C(C)(C)O)ccc2c(-c2ccc3c4c(ccnc24)CCO3)c1[C@H](OC(C)(C)C)C(=O)O. The van der Waals surface area contributed by atoms with E-state index in [1.807, 2.05) is 116 Å². The lowest BCUT2D eigenvalue weighted by atomic mass is 9.86. The first-order chi connectivity index (χ1) is 34.4. The van der Waals surface area contributed by atoms with Crippen molar-refractivity contribution in [1.82, 2.24) is 19.9 Å². The van der Waals surface area contributed by atoms with Gasteiger partial charge >= 0.3 is 11.9 Å². The molecular formula is C59H60N4O10. The van der Waals surface area contributed by atoms with E-state index in [2.05, 4.69) is 4.98 Å². The number of aliphatic carboxylic acids is 2. The average molecular weight is 985 g/mol. The van der Waals surface area contributed by atoms with E-state index in [9.17, 15) is 29.7 Å². The second-order valence-electron chi connectivity index (χ2n) is 21.3. The first-order valence-corrected chi connectivity index (χ1v) is 24.4. The lowest BCUT2D eigenvalue weighted by Crippen LogP contribution is -2.28. The van der Waals surface area contributed by atoms with E-state index in [0.29, 0.717) is 63.5 Å². The van der Waals surface area contributed by atoms with Crippen LogP contribution in [-0.4, -0.2) is 77.4 Å². The summed E-state index contributed by atoms with van der Waals surface area (Å²) in [5.41, 5.74) is 8.88. The Balaban J connectivity index is 0.000000180. The number of aryl methyl sites for hydroxylation is 2. The van der Waals surface area contributed by atoms with Crippen LogP contribution in [0.2, 0.25) is 0 Å². The molecule has 14 heteroatoms. The number of hydrogen-bond donors (Lipinski definition) is 3. The summed E-state index contributed by atoms with van der Waals surface area (Å²) in [6, 6.07) is 22.6. The Morgan fingerprint density at radius 2 is 1.04 bits per heavy atom. The molecule has 0 spiro atoms. The molecule has 0 aliphatic carbocycles. The third kappa shape index (κ3) is 9.82. The highest BCUT2D eigenvalue weighted by Crippen LogP contribution is 2.47. The summed E-state index contributed by atoms with van der Waals surface area (Å²) in [6.45, 7) is 20.8. The fourth-order valence-corrected chi connectivity index (χ4v) is 10.0. The number of benzene rings is 4. The minimum absolute atomic E-state index is 0.139. The number of aliphatic hydroxyl groups is 1. The average Bonchev–Trinajstić information content (AvgIpc) is 3.31. The molecule has 2 atom stereocenters. The number of rotatable bonds is 10. The molecule has 6 heterocycles. The Kier molecular flexibility index (Phi) is 13.1. The largest absolute Gasteiger partial charge is 0.493 e. The van der Waals surface area contributed by atoms with Crippen molar-refractivity contribution in [3.05, 3.63) is 130 Å². The molecule has 0 fully saturated rings. The fraction of sp³-hybridized carbons (Fsp3) is 0.339. The molecule has 73 heavy (non-hydrogen) atoms. The fourth-order valence-electron chi connectivity index (χ4n) is 10.0. The molecule has 0 saturated heterocycles. The number of aromatic nitrogens is 4. The van der Waals surface area contributed by atoms with Gasteiger partial charge in [0.15, 0.2) is 18.0 Å². The highest BCUT2D eigenvalue weighted by molar-refractivity contribution is 6.10. The minimum Gasteiger partial charge on any atom is -0.493 e. The van der Waals surface area contributed by atoms with E-state index >= 15 is 0 Å². The monoisotopic (exact) mass is 984 g/mol. The van der Waals surface area contributed by atoms with Crippen LogP contribution in [-0.2, 0) is 37.5 Å². The van der Waals surface area contributed by atoms with Gasteiger partial charge in [-0.2, -0.15) is 0 Å². The van der Waals surface area contributed by atoms with Gasteiger partial charge in [-0.05, 0) is 169 Å². The Hall–Kier alpha value is -7.39. The van der Waals surface area contributed by atoms with Gasteiger partial charge in [0.1, 0.15) is 22.8 Å². The zero-order valence-electron chi connectivity index (χ0n) is 43.1. The van der Waals surface area contributed by atoms with Crippen molar-refractivity contribution in [2.75, 3.05) is 13.2 Å². The standard InChI is InChI=1S/C30H32N2O5.C29H28N2O5/c1-16-15-20-18(8-10-22(32-20)30(5,6)35)25(23(16)27(28(33)34)37-29(2,3)4)19-7-9-21-24-17(12-14-36-21)11-13-31-26(19)24;1-15-14-21-18(6-8-20(31-21)16(2)32)25(23(15)27(28(33)34)36-29(3,4)5)19-7-9-22-24-17(11-13-35-22)10-12-30-26(19)24/h7-11,13,15,27,35H,12,14H2,1-6H3,(H,33,34);6-10,12,14,27H,11,13H2,1-5H3,(H,33,34)/t2*27-/m00/s1. The highest BCUT2D eigenvalue weighted by Gasteiger charge is 2.35. The van der Waals surface area contributed by atoms with E-state index in [4.69, 9.17) is 33.9 Å². The molecule has 0 amide bonds. The second kappa shape index (κ2) is 18.9. The van der Waals surface area contributed by atoms with Gasteiger partial charge < -0.3 is 34.3 Å². The van der Waals surface area contributed by atoms with Gasteiger partial charge in [-0.1, -0.05) is 6.07 Å². The predicted molar refractivity (Wildman–Crippen MR) is 281 cm³/mol. The number of carboxylic acids is 2. The normalized spacial score (nSPS) is 14.3. The first kappa shape index (κ1) is 50.5. The summed E-state index contributed by atoms with van der Waals surface area (Å²) < 4.78 is 24.1. The quantitative estimate of drug-likeness (QED) is 0.109. The maximum absolute atomic E-state index is 12.7. The molecule has 376 valence electrons. The Morgan fingerprint density at radius 1 is 0.603 bits per heavy atom. The predicted octanol–water partition coefficient (Wildman–Crippen LogP) is 11.7. The Morgan fingerprint density at radius 3 is 1.45 bits per heavy atom. The van der Waals surface area contributed by atoms with Gasteiger partial charge in [-0.25, -0.2) is 19.6 Å². The number of pyridine rings is 4. The van der Waals surface area contributed by atoms with Gasteiger partial charge in [0.2, 0.25) is 0 Å². The smallest absolute Gasteiger partial charge is 0.337 e. The lowest BCUT2D eigenvalue weighted by molar-refractivity contribution is -0.161. The lowest BCUT2D eigenvalue weighted by Gasteiger charge is -2.29. The molecule has 0 radical (unpaired) electrons. The number of carbonyl (C=O) groups is 3. The molecule has 3 N–H and O–H groups in total. The van der Waals surface area contributed by atoms with E-state index in [-0.39, 0.29) is 5.78 Å². The molecule has 4 aromatic carbocycles. The number of nitrogens with zero attached hydrogens (tertiary/aromatic N) is 4. The molecule has 8 aromatic rings. The molecule has 0 saturated carbocycles. The summed E-state index contributed by atoms with van der Waals surface area (Å²) >= 11 is 0. The van der Waals surface area contributed by atoms with Crippen LogP contribution < -0.4 is 9.47 Å². The van der Waals surface area contributed by atoms with E-state index < -0.39 is 40.9 Å². The minimum atomic E-state index is -1.22. The molecule has 4 aromatic heterocycles. The van der Waals surface area contributed by atoms with Crippen molar-refractivity contribution in [3.63, 3.8) is 0 Å². The van der Waals surface area contributed by atoms with Crippen molar-refractivity contribution in [2.24, 2.45) is 0 Å². The zero-order chi connectivity index (χ0) is 52.5. The van der Waals surface area contributed by atoms with Crippen molar-refractivity contribution in [3.8, 4) is 33.8 Å². The van der Waals surface area contributed by atoms with Crippen LogP contribution in [0.3, 0.4) is 0 Å². The van der Waals surface area contributed by atoms with Crippen LogP contribution >= 0.6 is 0 Å². The number of carbonyl (C=O) groups excluding carboxylic acids is 1. The van der Waals surface area contributed by atoms with Crippen molar-refractivity contribution in [2.45, 2.75) is 118 Å². The molecular weight excluding hydrogens is 925 g/mol. The maximum atomic E-state index is 12.7. The van der Waals surface area contributed by atoms with Gasteiger partial charge in [0, 0.05) is 76.0 Å². The van der Waals surface area contributed by atoms with Crippen LogP contribution in [0.25, 0.3) is 65.9 Å².